The monoisotopic (exact) mass is 804 g/mol. The minimum Gasteiger partial charge on any atom is -0.456 e. The zero-order valence-corrected chi connectivity index (χ0v) is 36.0. The lowest BCUT2D eigenvalue weighted by atomic mass is 9.98. The molecular formula is C58H48N2O2. The van der Waals surface area contributed by atoms with E-state index in [4.69, 9.17) is 8.83 Å². The van der Waals surface area contributed by atoms with E-state index in [1.807, 2.05) is 0 Å². The number of aryl methyl sites for hydroxylation is 2. The fourth-order valence-electron chi connectivity index (χ4n) is 9.43. The second-order valence-electron chi connectivity index (χ2n) is 17.5. The first-order valence-electron chi connectivity index (χ1n) is 21.8. The van der Waals surface area contributed by atoms with Crippen LogP contribution in [-0.2, 0) is 0 Å². The highest BCUT2D eigenvalue weighted by molar-refractivity contribution is 6.24. The van der Waals surface area contributed by atoms with Gasteiger partial charge in [-0.15, -0.1) is 0 Å². The molecule has 0 aliphatic carbocycles. The maximum Gasteiger partial charge on any atom is 0.147 e. The molecule has 0 bridgehead atoms. The van der Waals surface area contributed by atoms with Crippen LogP contribution in [-0.4, -0.2) is 0 Å². The molecule has 2 heterocycles. The van der Waals surface area contributed by atoms with E-state index in [0.717, 1.165) is 82.8 Å². The van der Waals surface area contributed by atoms with Crippen LogP contribution < -0.4 is 9.80 Å². The number of para-hydroxylation sites is 2. The molecule has 0 atom stereocenters. The third kappa shape index (κ3) is 6.29. The van der Waals surface area contributed by atoms with Gasteiger partial charge in [-0.05, 0) is 155 Å². The van der Waals surface area contributed by atoms with Crippen molar-refractivity contribution in [1.82, 2.24) is 0 Å². The molecule has 0 spiro atoms. The topological polar surface area (TPSA) is 32.8 Å². The molecule has 0 unspecified atom stereocenters. The van der Waals surface area contributed by atoms with Gasteiger partial charge in [0.2, 0.25) is 0 Å². The summed E-state index contributed by atoms with van der Waals surface area (Å²) in [5.41, 5.74) is 15.3. The maximum atomic E-state index is 6.89. The van der Waals surface area contributed by atoms with Crippen molar-refractivity contribution >= 4 is 99.5 Å². The summed E-state index contributed by atoms with van der Waals surface area (Å²) in [6.45, 7) is 13.3. The molecule has 0 amide bonds. The average Bonchev–Trinajstić information content (AvgIpc) is 3.83. The molecule has 0 N–H and O–H groups in total. The van der Waals surface area contributed by atoms with Crippen molar-refractivity contribution in [2.24, 2.45) is 0 Å². The first-order valence-corrected chi connectivity index (χ1v) is 21.8. The van der Waals surface area contributed by atoms with E-state index in [9.17, 15) is 0 Å². The highest BCUT2D eigenvalue weighted by Gasteiger charge is 2.22. The van der Waals surface area contributed by atoms with Crippen LogP contribution >= 0.6 is 0 Å². The van der Waals surface area contributed by atoms with Crippen LogP contribution in [0.5, 0.6) is 0 Å². The second kappa shape index (κ2) is 14.7. The highest BCUT2D eigenvalue weighted by Crippen LogP contribution is 2.45. The van der Waals surface area contributed by atoms with Gasteiger partial charge >= 0.3 is 0 Å². The van der Waals surface area contributed by atoms with Gasteiger partial charge in [-0.3, -0.25) is 0 Å². The van der Waals surface area contributed by atoms with Gasteiger partial charge in [-0.2, -0.15) is 0 Å². The Morgan fingerprint density at radius 3 is 1.35 bits per heavy atom. The molecule has 11 rings (SSSR count). The molecule has 4 heteroatoms. The summed E-state index contributed by atoms with van der Waals surface area (Å²) < 4.78 is 13.5. The van der Waals surface area contributed by atoms with E-state index >= 15 is 0 Å². The van der Waals surface area contributed by atoms with Gasteiger partial charge in [-0.25, -0.2) is 0 Å². The Morgan fingerprint density at radius 1 is 0.371 bits per heavy atom. The lowest BCUT2D eigenvalue weighted by Gasteiger charge is -2.29. The number of anilines is 6. The van der Waals surface area contributed by atoms with E-state index < -0.39 is 0 Å². The lowest BCUT2D eigenvalue weighted by molar-refractivity contribution is 0.663. The molecule has 0 fully saturated rings. The summed E-state index contributed by atoms with van der Waals surface area (Å²) in [5, 5.41) is 8.79. The van der Waals surface area contributed by atoms with E-state index in [2.05, 4.69) is 221 Å². The largest absolute Gasteiger partial charge is 0.456 e. The fourth-order valence-corrected chi connectivity index (χ4v) is 9.43. The number of fused-ring (bicyclic) bond motifs is 9. The van der Waals surface area contributed by atoms with Crippen molar-refractivity contribution in [3.63, 3.8) is 0 Å². The Balaban J connectivity index is 1.04. The number of rotatable bonds is 8. The molecule has 62 heavy (non-hydrogen) atoms. The van der Waals surface area contributed by atoms with Crippen molar-refractivity contribution in [2.75, 3.05) is 9.80 Å². The van der Waals surface area contributed by atoms with Crippen LogP contribution in [0.3, 0.4) is 0 Å². The van der Waals surface area contributed by atoms with Crippen LogP contribution in [0.15, 0.2) is 179 Å². The van der Waals surface area contributed by atoms with Crippen LogP contribution in [0.1, 0.15) is 61.8 Å². The molecule has 302 valence electrons. The molecule has 11 aromatic rings. The zero-order chi connectivity index (χ0) is 42.2. The van der Waals surface area contributed by atoms with E-state index in [1.165, 1.54) is 39.0 Å². The predicted molar refractivity (Wildman–Crippen MR) is 263 cm³/mol. The molecule has 0 radical (unpaired) electrons. The van der Waals surface area contributed by atoms with E-state index in [0.29, 0.717) is 11.8 Å². The Hall–Kier alpha value is -7.30. The smallest absolute Gasteiger partial charge is 0.147 e. The first kappa shape index (κ1) is 37.7. The molecule has 0 aliphatic rings. The van der Waals surface area contributed by atoms with Gasteiger partial charge in [0.25, 0.3) is 0 Å². The van der Waals surface area contributed by atoms with Gasteiger partial charge in [0.05, 0.1) is 5.39 Å². The summed E-state index contributed by atoms with van der Waals surface area (Å²) in [4.78, 5) is 4.77. The summed E-state index contributed by atoms with van der Waals surface area (Å²) in [5.74, 6) is 0.737. The van der Waals surface area contributed by atoms with Gasteiger partial charge in [-0.1, -0.05) is 112 Å². The highest BCUT2D eigenvalue weighted by atomic mass is 16.3. The fraction of sp³-hybridized carbons (Fsp3) is 0.138. The number of nitrogens with zero attached hydrogens (tertiary/aromatic N) is 2. The molecule has 2 aromatic heterocycles. The Bertz CT molecular complexity index is 3500. The van der Waals surface area contributed by atoms with Crippen molar-refractivity contribution in [3.05, 3.63) is 192 Å². The summed E-state index contributed by atoms with van der Waals surface area (Å²) in [7, 11) is 0. The average molecular weight is 805 g/mol. The Labute approximate surface area is 362 Å². The first-order chi connectivity index (χ1) is 30.2. The number of hydrogen-bond acceptors (Lipinski definition) is 4. The molecule has 0 aliphatic heterocycles. The van der Waals surface area contributed by atoms with E-state index in [1.54, 1.807) is 0 Å². The Kier molecular flexibility index (Phi) is 8.94. The summed E-state index contributed by atoms with van der Waals surface area (Å²) in [6, 6.07) is 61.9. The summed E-state index contributed by atoms with van der Waals surface area (Å²) in [6.07, 6.45) is 0. The van der Waals surface area contributed by atoms with Crippen molar-refractivity contribution in [2.45, 2.75) is 53.4 Å². The quantitative estimate of drug-likeness (QED) is 0.153. The van der Waals surface area contributed by atoms with Gasteiger partial charge < -0.3 is 18.6 Å². The zero-order valence-electron chi connectivity index (χ0n) is 36.0. The van der Waals surface area contributed by atoms with E-state index in [-0.39, 0.29) is 0 Å². The van der Waals surface area contributed by atoms with Crippen LogP contribution in [0.2, 0.25) is 0 Å². The maximum absolute atomic E-state index is 6.89. The third-order valence-electron chi connectivity index (χ3n) is 12.7. The lowest BCUT2D eigenvalue weighted by Crippen LogP contribution is -2.12. The second-order valence-corrected chi connectivity index (χ2v) is 17.5. The van der Waals surface area contributed by atoms with Gasteiger partial charge in [0.15, 0.2) is 0 Å². The predicted octanol–water partition coefficient (Wildman–Crippen LogP) is 17.6. The van der Waals surface area contributed by atoms with Crippen molar-refractivity contribution in [1.29, 1.82) is 0 Å². The molecule has 4 nitrogen and oxygen atoms in total. The third-order valence-corrected chi connectivity index (χ3v) is 12.7. The molecular weight excluding hydrogens is 757 g/mol. The normalized spacial score (nSPS) is 12.0. The molecule has 9 aromatic carbocycles. The van der Waals surface area contributed by atoms with Crippen LogP contribution in [0.25, 0.3) is 65.4 Å². The minimum absolute atomic E-state index is 0.368. The van der Waals surface area contributed by atoms with Crippen molar-refractivity contribution < 1.29 is 8.83 Å². The number of benzene rings is 9. The van der Waals surface area contributed by atoms with Crippen LogP contribution in [0, 0.1) is 13.8 Å². The Morgan fingerprint density at radius 2 is 0.839 bits per heavy atom. The van der Waals surface area contributed by atoms with Gasteiger partial charge in [0, 0.05) is 50.3 Å². The van der Waals surface area contributed by atoms with Crippen molar-refractivity contribution in [3.8, 4) is 0 Å². The van der Waals surface area contributed by atoms with Gasteiger partial charge in [0.1, 0.15) is 22.3 Å². The molecule has 0 saturated carbocycles. The standard InChI is InChI=1S/C58H48N2O2/c1-35(2)47-11-7-9-13-52(47)59(43-21-15-37(5)16-22-43)45-25-19-39-31-50-49-27-28-54-57(58(49)62-55(50)33-41(39)29-45)51-32-40-20-26-46(30-42(40)34-56(51)61-54)60(44-23-17-38(6)18-24-44)53-14-10-8-12-48(53)36(3)4/h7-36H,1-6H3. The minimum atomic E-state index is 0.368. The van der Waals surface area contributed by atoms with Crippen LogP contribution in [0.4, 0.5) is 34.1 Å². The number of hydrogen-bond donors (Lipinski definition) is 0. The molecule has 0 saturated heterocycles. The SMILES string of the molecule is Cc1ccc(N(c2ccc3cc4c(cc3c2)oc2c4ccc3oc4cc5cc(N(c6ccc(C)cc6)c6ccccc6C(C)C)ccc5cc4c32)c2ccccc2C(C)C)cc1. The summed E-state index contributed by atoms with van der Waals surface area (Å²) >= 11 is 0. The number of furan rings is 2.